The molecule has 1 aliphatic heterocycles. The summed E-state index contributed by atoms with van der Waals surface area (Å²) in [6.07, 6.45) is 0.851. The molecule has 1 aromatic heterocycles. The highest BCUT2D eigenvalue weighted by atomic mass is 16.5. The Bertz CT molecular complexity index is 1060. The SMILES string of the molecule is COCCN(C(=O)CN1c2ccccc2C[C@@H]1C)c1c(N)n(CC(C)C)c(=O)[nH]c1=O. The summed E-state index contributed by atoms with van der Waals surface area (Å²) >= 11 is 0. The van der Waals surface area contributed by atoms with Crippen molar-refractivity contribution in [3.05, 3.63) is 50.7 Å². The Morgan fingerprint density at radius 2 is 2.03 bits per heavy atom. The second-order valence-electron chi connectivity index (χ2n) is 8.35. The molecule has 0 saturated carbocycles. The third-order valence-corrected chi connectivity index (χ3v) is 5.51. The zero-order valence-electron chi connectivity index (χ0n) is 18.6. The van der Waals surface area contributed by atoms with E-state index in [1.54, 1.807) is 0 Å². The molecule has 0 unspecified atom stereocenters. The van der Waals surface area contributed by atoms with Gasteiger partial charge in [0.05, 0.1) is 13.2 Å². The number of nitrogens with two attached hydrogens (primary N) is 1. The van der Waals surface area contributed by atoms with E-state index < -0.39 is 11.2 Å². The van der Waals surface area contributed by atoms with Gasteiger partial charge in [0, 0.05) is 31.9 Å². The number of carbonyl (C=O) groups is 1. The van der Waals surface area contributed by atoms with Crippen molar-refractivity contribution < 1.29 is 9.53 Å². The number of hydrogen-bond donors (Lipinski definition) is 2. The third kappa shape index (κ3) is 4.66. The van der Waals surface area contributed by atoms with Gasteiger partial charge >= 0.3 is 5.69 Å². The van der Waals surface area contributed by atoms with Gasteiger partial charge in [-0.15, -0.1) is 0 Å². The van der Waals surface area contributed by atoms with E-state index in [4.69, 9.17) is 10.5 Å². The molecule has 2 heterocycles. The Kier molecular flexibility index (Phi) is 6.84. The van der Waals surface area contributed by atoms with Crippen molar-refractivity contribution in [3.63, 3.8) is 0 Å². The van der Waals surface area contributed by atoms with E-state index in [0.717, 1.165) is 12.1 Å². The summed E-state index contributed by atoms with van der Waals surface area (Å²) in [5.74, 6) is -0.168. The van der Waals surface area contributed by atoms with Gasteiger partial charge < -0.3 is 20.3 Å². The second-order valence-corrected chi connectivity index (χ2v) is 8.35. The molecule has 168 valence electrons. The van der Waals surface area contributed by atoms with E-state index in [1.165, 1.54) is 22.1 Å². The minimum absolute atomic E-state index is 0.0116. The highest BCUT2D eigenvalue weighted by molar-refractivity contribution is 5.98. The Balaban J connectivity index is 1.98. The first-order chi connectivity index (χ1) is 14.7. The Hall–Kier alpha value is -3.07. The summed E-state index contributed by atoms with van der Waals surface area (Å²) in [4.78, 5) is 44.1. The van der Waals surface area contributed by atoms with Gasteiger partial charge in [0.15, 0.2) is 5.69 Å². The predicted octanol–water partition coefficient (Wildman–Crippen LogP) is 1.21. The number of methoxy groups -OCH3 is 1. The van der Waals surface area contributed by atoms with E-state index >= 15 is 0 Å². The van der Waals surface area contributed by atoms with E-state index in [2.05, 4.69) is 18.0 Å². The Morgan fingerprint density at radius 3 is 2.71 bits per heavy atom. The number of fused-ring (bicyclic) bond motifs is 1. The fourth-order valence-corrected chi connectivity index (χ4v) is 4.03. The molecule has 1 amide bonds. The molecule has 1 aliphatic rings. The number of nitrogen functional groups attached to an aromatic ring is 1. The van der Waals surface area contributed by atoms with Gasteiger partial charge in [-0.25, -0.2) is 4.79 Å². The largest absolute Gasteiger partial charge is 0.383 e. The van der Waals surface area contributed by atoms with Gasteiger partial charge in [0.1, 0.15) is 5.82 Å². The standard InChI is InChI=1S/C22H31N5O4/c1-14(2)12-27-20(23)19(21(29)24-22(27)30)25(9-10-31-4)18(28)13-26-15(3)11-16-7-5-6-8-17(16)26/h5-8,14-15H,9-13,23H2,1-4H3,(H,24,29,30)/t15-/m0/s1. The number of ether oxygens (including phenoxy) is 1. The van der Waals surface area contributed by atoms with Crippen LogP contribution >= 0.6 is 0 Å². The number of para-hydroxylation sites is 1. The zero-order chi connectivity index (χ0) is 22.7. The maximum Gasteiger partial charge on any atom is 0.330 e. The monoisotopic (exact) mass is 429 g/mol. The average Bonchev–Trinajstić information content (AvgIpc) is 3.02. The van der Waals surface area contributed by atoms with Crippen molar-refractivity contribution in [1.82, 2.24) is 9.55 Å². The van der Waals surface area contributed by atoms with Crippen LogP contribution in [-0.4, -0.2) is 48.3 Å². The molecule has 2 aromatic rings. The summed E-state index contributed by atoms with van der Waals surface area (Å²) < 4.78 is 6.47. The predicted molar refractivity (Wildman–Crippen MR) is 122 cm³/mol. The quantitative estimate of drug-likeness (QED) is 0.652. The van der Waals surface area contributed by atoms with Crippen LogP contribution < -0.4 is 26.8 Å². The molecule has 0 aliphatic carbocycles. The van der Waals surface area contributed by atoms with Crippen LogP contribution in [0.25, 0.3) is 0 Å². The fourth-order valence-electron chi connectivity index (χ4n) is 4.03. The molecule has 0 saturated heterocycles. The van der Waals surface area contributed by atoms with Crippen molar-refractivity contribution in [1.29, 1.82) is 0 Å². The number of aromatic amines is 1. The summed E-state index contributed by atoms with van der Waals surface area (Å²) in [5, 5.41) is 0. The molecule has 0 fully saturated rings. The van der Waals surface area contributed by atoms with Gasteiger partial charge in [0.25, 0.3) is 5.56 Å². The van der Waals surface area contributed by atoms with Crippen LogP contribution in [0.4, 0.5) is 17.2 Å². The minimum Gasteiger partial charge on any atom is -0.383 e. The average molecular weight is 430 g/mol. The first-order valence-electron chi connectivity index (χ1n) is 10.5. The Morgan fingerprint density at radius 1 is 1.32 bits per heavy atom. The molecular weight excluding hydrogens is 398 g/mol. The molecule has 0 bridgehead atoms. The molecule has 1 aromatic carbocycles. The number of hydrogen-bond acceptors (Lipinski definition) is 6. The number of nitrogens with zero attached hydrogens (tertiary/aromatic N) is 3. The number of rotatable bonds is 8. The zero-order valence-corrected chi connectivity index (χ0v) is 18.6. The topological polar surface area (TPSA) is 114 Å². The van der Waals surface area contributed by atoms with Gasteiger partial charge in [0.2, 0.25) is 5.91 Å². The molecule has 0 radical (unpaired) electrons. The van der Waals surface area contributed by atoms with Crippen LogP contribution in [0.15, 0.2) is 33.9 Å². The van der Waals surface area contributed by atoms with Crippen molar-refractivity contribution in [2.24, 2.45) is 5.92 Å². The summed E-state index contributed by atoms with van der Waals surface area (Å²) in [5.41, 5.74) is 7.18. The molecule has 31 heavy (non-hydrogen) atoms. The lowest BCUT2D eigenvalue weighted by Crippen LogP contribution is -2.47. The van der Waals surface area contributed by atoms with Crippen molar-refractivity contribution in [2.75, 3.05) is 42.3 Å². The maximum atomic E-state index is 13.4. The lowest BCUT2D eigenvalue weighted by molar-refractivity contribution is -0.117. The van der Waals surface area contributed by atoms with Gasteiger partial charge in [-0.1, -0.05) is 32.0 Å². The highest BCUT2D eigenvalue weighted by Gasteiger charge is 2.31. The lowest BCUT2D eigenvalue weighted by atomic mass is 10.1. The van der Waals surface area contributed by atoms with E-state index in [-0.39, 0.29) is 49.1 Å². The molecule has 3 rings (SSSR count). The lowest BCUT2D eigenvalue weighted by Gasteiger charge is -2.29. The van der Waals surface area contributed by atoms with Gasteiger partial charge in [-0.2, -0.15) is 0 Å². The highest BCUT2D eigenvalue weighted by Crippen LogP contribution is 2.31. The summed E-state index contributed by atoms with van der Waals surface area (Å²) in [6.45, 7) is 6.73. The summed E-state index contributed by atoms with van der Waals surface area (Å²) in [7, 11) is 1.52. The van der Waals surface area contributed by atoms with Crippen LogP contribution in [0.5, 0.6) is 0 Å². The number of aromatic nitrogens is 2. The van der Waals surface area contributed by atoms with Crippen LogP contribution in [0.1, 0.15) is 26.3 Å². The summed E-state index contributed by atoms with van der Waals surface area (Å²) in [6, 6.07) is 8.14. The molecular formula is C22H31N5O4. The number of benzene rings is 1. The van der Waals surface area contributed by atoms with Crippen molar-refractivity contribution in [2.45, 2.75) is 39.8 Å². The van der Waals surface area contributed by atoms with Crippen LogP contribution in [0, 0.1) is 5.92 Å². The molecule has 1 atom stereocenters. The maximum absolute atomic E-state index is 13.4. The second kappa shape index (κ2) is 9.38. The Labute approximate surface area is 181 Å². The van der Waals surface area contributed by atoms with Crippen molar-refractivity contribution >= 4 is 23.1 Å². The van der Waals surface area contributed by atoms with E-state index in [9.17, 15) is 14.4 Å². The van der Waals surface area contributed by atoms with Gasteiger partial charge in [-0.05, 0) is 30.9 Å². The molecule has 0 spiro atoms. The number of carbonyl (C=O) groups excluding carboxylic acids is 1. The fraction of sp³-hybridized carbons (Fsp3) is 0.500. The minimum atomic E-state index is -0.679. The van der Waals surface area contributed by atoms with E-state index in [1.807, 2.05) is 36.9 Å². The molecule has 9 heteroatoms. The first-order valence-corrected chi connectivity index (χ1v) is 10.5. The molecule has 3 N–H and O–H groups in total. The number of nitrogens with one attached hydrogen (secondary N) is 1. The number of H-pyrrole nitrogens is 1. The number of anilines is 3. The van der Waals surface area contributed by atoms with Crippen molar-refractivity contribution in [3.8, 4) is 0 Å². The van der Waals surface area contributed by atoms with E-state index in [0.29, 0.717) is 6.54 Å². The number of amides is 1. The first kappa shape index (κ1) is 22.6. The van der Waals surface area contributed by atoms with Crippen LogP contribution in [0.3, 0.4) is 0 Å². The normalized spacial score (nSPS) is 15.4. The molecule has 9 nitrogen and oxygen atoms in total. The smallest absolute Gasteiger partial charge is 0.330 e. The third-order valence-electron chi connectivity index (χ3n) is 5.51. The van der Waals surface area contributed by atoms with Crippen LogP contribution in [0.2, 0.25) is 0 Å². The van der Waals surface area contributed by atoms with Gasteiger partial charge in [-0.3, -0.25) is 19.1 Å². The van der Waals surface area contributed by atoms with Crippen LogP contribution in [-0.2, 0) is 22.5 Å².